The number of carbonyl (C=O) groups is 1. The van der Waals surface area contributed by atoms with Crippen molar-refractivity contribution in [2.45, 2.75) is 18.9 Å². The van der Waals surface area contributed by atoms with E-state index in [1.54, 1.807) is 12.4 Å². The number of carbonyl (C=O) groups excluding carboxylic acids is 1. The Balaban J connectivity index is 1.67. The monoisotopic (exact) mass is 324 g/mol. The van der Waals surface area contributed by atoms with Gasteiger partial charge in [0, 0.05) is 37.6 Å². The average Bonchev–Trinajstić information content (AvgIpc) is 3.40. The Labute approximate surface area is 143 Å². The maximum atomic E-state index is 13.0. The van der Waals surface area contributed by atoms with E-state index in [9.17, 15) is 4.79 Å². The summed E-state index contributed by atoms with van der Waals surface area (Å²) in [5.41, 5.74) is 2.10. The largest absolute Gasteiger partial charge is 0.335 e. The zero-order valence-electron chi connectivity index (χ0n) is 14.3. The third-order valence-corrected chi connectivity index (χ3v) is 4.43. The van der Waals surface area contributed by atoms with Gasteiger partial charge in [-0.2, -0.15) is 0 Å². The maximum Gasteiger partial charge on any atom is 0.226 e. The molecule has 126 valence electrons. The number of aromatic nitrogens is 2. The van der Waals surface area contributed by atoms with Crippen molar-refractivity contribution < 1.29 is 4.79 Å². The molecular weight excluding hydrogens is 300 g/mol. The van der Waals surface area contributed by atoms with Gasteiger partial charge in [0.1, 0.15) is 0 Å². The van der Waals surface area contributed by atoms with Crippen molar-refractivity contribution in [3.8, 4) is 0 Å². The molecule has 0 saturated heterocycles. The molecule has 0 aromatic carbocycles. The number of rotatable bonds is 7. The molecule has 1 aliphatic rings. The van der Waals surface area contributed by atoms with Gasteiger partial charge in [0.05, 0.1) is 12.2 Å². The molecule has 1 fully saturated rings. The molecule has 0 aliphatic heterocycles. The minimum Gasteiger partial charge on any atom is -0.335 e. The van der Waals surface area contributed by atoms with E-state index in [-0.39, 0.29) is 11.8 Å². The molecule has 1 aliphatic carbocycles. The van der Waals surface area contributed by atoms with Crippen LogP contribution in [-0.4, -0.2) is 52.9 Å². The normalized spacial score (nSPS) is 19.3. The lowest BCUT2D eigenvalue weighted by Crippen LogP contribution is -2.37. The summed E-state index contributed by atoms with van der Waals surface area (Å²) in [6.45, 7) is 2.14. The Morgan fingerprint density at radius 1 is 1.17 bits per heavy atom. The highest BCUT2D eigenvalue weighted by atomic mass is 16.2. The van der Waals surface area contributed by atoms with Gasteiger partial charge in [0.2, 0.25) is 5.91 Å². The number of hydrogen-bond donors (Lipinski definition) is 0. The van der Waals surface area contributed by atoms with Gasteiger partial charge < -0.3 is 9.80 Å². The molecule has 24 heavy (non-hydrogen) atoms. The van der Waals surface area contributed by atoms with Gasteiger partial charge in [-0.05, 0) is 50.2 Å². The van der Waals surface area contributed by atoms with E-state index in [2.05, 4.69) is 20.9 Å². The fourth-order valence-electron chi connectivity index (χ4n) is 2.94. The van der Waals surface area contributed by atoms with Crippen molar-refractivity contribution in [1.29, 1.82) is 0 Å². The van der Waals surface area contributed by atoms with Crippen molar-refractivity contribution in [3.05, 3.63) is 60.2 Å². The van der Waals surface area contributed by atoms with Crippen LogP contribution in [0, 0.1) is 5.92 Å². The summed E-state index contributed by atoms with van der Waals surface area (Å²) in [4.78, 5) is 25.6. The van der Waals surface area contributed by atoms with Crippen LogP contribution in [0.25, 0.3) is 0 Å². The second-order valence-corrected chi connectivity index (χ2v) is 6.62. The fourth-order valence-corrected chi connectivity index (χ4v) is 2.94. The average molecular weight is 324 g/mol. The van der Waals surface area contributed by atoms with E-state index in [1.165, 1.54) is 5.56 Å². The van der Waals surface area contributed by atoms with E-state index < -0.39 is 0 Å². The third-order valence-electron chi connectivity index (χ3n) is 4.43. The van der Waals surface area contributed by atoms with Crippen molar-refractivity contribution in [2.75, 3.05) is 27.2 Å². The van der Waals surface area contributed by atoms with E-state index in [0.29, 0.717) is 12.5 Å². The third kappa shape index (κ3) is 4.17. The van der Waals surface area contributed by atoms with E-state index >= 15 is 0 Å². The number of likely N-dealkylation sites (N-methyl/N-ethyl adjacent to an activating group) is 1. The first-order valence-corrected chi connectivity index (χ1v) is 8.38. The van der Waals surface area contributed by atoms with Gasteiger partial charge in [0.15, 0.2) is 0 Å². The first-order valence-electron chi connectivity index (χ1n) is 8.38. The fraction of sp³-hybridized carbons (Fsp3) is 0.421. The van der Waals surface area contributed by atoms with Gasteiger partial charge in [-0.25, -0.2) is 0 Å². The zero-order chi connectivity index (χ0) is 16.9. The summed E-state index contributed by atoms with van der Waals surface area (Å²) in [5, 5.41) is 0. The molecule has 1 saturated carbocycles. The SMILES string of the molecule is CN(C)CCN(Cc1ccccn1)C(=O)[C@@H]1C[C@@H]1c1cccnc1. The molecule has 0 bridgehead atoms. The molecule has 1 amide bonds. The lowest BCUT2D eigenvalue weighted by atomic mass is 10.1. The Bertz CT molecular complexity index is 660. The van der Waals surface area contributed by atoms with Crippen LogP contribution in [-0.2, 0) is 11.3 Å². The Morgan fingerprint density at radius 2 is 2.04 bits per heavy atom. The van der Waals surface area contributed by atoms with Gasteiger partial charge >= 0.3 is 0 Å². The van der Waals surface area contributed by atoms with E-state index in [1.807, 2.05) is 49.5 Å². The van der Waals surface area contributed by atoms with Crippen LogP contribution in [0.4, 0.5) is 0 Å². The summed E-state index contributed by atoms with van der Waals surface area (Å²) < 4.78 is 0. The highest BCUT2D eigenvalue weighted by Crippen LogP contribution is 2.48. The lowest BCUT2D eigenvalue weighted by molar-refractivity contribution is -0.133. The molecule has 0 spiro atoms. The smallest absolute Gasteiger partial charge is 0.226 e. The van der Waals surface area contributed by atoms with Gasteiger partial charge in [-0.3, -0.25) is 14.8 Å². The molecule has 0 radical (unpaired) electrons. The van der Waals surface area contributed by atoms with Crippen molar-refractivity contribution in [2.24, 2.45) is 5.92 Å². The predicted molar refractivity (Wildman–Crippen MR) is 93.3 cm³/mol. The van der Waals surface area contributed by atoms with E-state index in [0.717, 1.165) is 25.2 Å². The van der Waals surface area contributed by atoms with Crippen molar-refractivity contribution in [1.82, 2.24) is 19.8 Å². The molecule has 5 nitrogen and oxygen atoms in total. The topological polar surface area (TPSA) is 49.3 Å². The summed E-state index contributed by atoms with van der Waals surface area (Å²) in [6, 6.07) is 9.84. The molecular formula is C19H24N4O. The quantitative estimate of drug-likeness (QED) is 0.783. The van der Waals surface area contributed by atoms with Crippen LogP contribution < -0.4 is 0 Å². The molecule has 2 atom stereocenters. The number of hydrogen-bond acceptors (Lipinski definition) is 4. The Morgan fingerprint density at radius 3 is 2.71 bits per heavy atom. The Kier molecular flexibility index (Phi) is 5.20. The molecule has 5 heteroatoms. The van der Waals surface area contributed by atoms with Gasteiger partial charge in [-0.1, -0.05) is 12.1 Å². The molecule has 0 N–H and O–H groups in total. The van der Waals surface area contributed by atoms with Crippen LogP contribution >= 0.6 is 0 Å². The summed E-state index contributed by atoms with van der Waals surface area (Å²) >= 11 is 0. The van der Waals surface area contributed by atoms with Crippen LogP contribution in [0.1, 0.15) is 23.6 Å². The number of nitrogens with zero attached hydrogens (tertiary/aromatic N) is 4. The number of amides is 1. The van der Waals surface area contributed by atoms with Crippen molar-refractivity contribution >= 4 is 5.91 Å². The van der Waals surface area contributed by atoms with Crippen LogP contribution in [0.3, 0.4) is 0 Å². The lowest BCUT2D eigenvalue weighted by Gasteiger charge is -2.24. The van der Waals surface area contributed by atoms with E-state index in [4.69, 9.17) is 0 Å². The number of pyridine rings is 2. The maximum absolute atomic E-state index is 13.0. The minimum atomic E-state index is 0.0834. The predicted octanol–water partition coefficient (Wildman–Crippen LogP) is 2.17. The summed E-state index contributed by atoms with van der Waals surface area (Å²) in [5.74, 6) is 0.633. The van der Waals surface area contributed by atoms with Crippen LogP contribution in [0.15, 0.2) is 48.9 Å². The van der Waals surface area contributed by atoms with Gasteiger partial charge in [-0.15, -0.1) is 0 Å². The Hall–Kier alpha value is -2.27. The van der Waals surface area contributed by atoms with Gasteiger partial charge in [0.25, 0.3) is 0 Å². The van der Waals surface area contributed by atoms with Crippen LogP contribution in [0.2, 0.25) is 0 Å². The zero-order valence-corrected chi connectivity index (χ0v) is 14.3. The molecule has 3 rings (SSSR count). The summed E-state index contributed by atoms with van der Waals surface area (Å²) in [7, 11) is 4.05. The first kappa shape index (κ1) is 16.6. The standard InChI is InChI=1S/C19H24N4O/c1-22(2)10-11-23(14-16-7-3-4-9-21-16)19(24)18-12-17(18)15-6-5-8-20-13-15/h3-9,13,17-18H,10-12,14H2,1-2H3/t17-,18-/m1/s1. The summed E-state index contributed by atoms with van der Waals surface area (Å²) in [6.07, 6.45) is 6.35. The highest BCUT2D eigenvalue weighted by molar-refractivity contribution is 5.83. The van der Waals surface area contributed by atoms with Crippen molar-refractivity contribution in [3.63, 3.8) is 0 Å². The molecule has 2 aromatic rings. The highest BCUT2D eigenvalue weighted by Gasteiger charge is 2.45. The second kappa shape index (κ2) is 7.53. The minimum absolute atomic E-state index is 0.0834. The molecule has 2 heterocycles. The molecule has 2 aromatic heterocycles. The molecule has 0 unspecified atom stereocenters. The first-order chi connectivity index (χ1) is 11.6. The van der Waals surface area contributed by atoms with Crippen LogP contribution in [0.5, 0.6) is 0 Å². The second-order valence-electron chi connectivity index (χ2n) is 6.62.